The summed E-state index contributed by atoms with van der Waals surface area (Å²) in [5.74, 6) is -0.576. The quantitative estimate of drug-likeness (QED) is 0.579. The summed E-state index contributed by atoms with van der Waals surface area (Å²) < 4.78 is 19.4. The molecule has 0 fully saturated rings. The van der Waals surface area contributed by atoms with Crippen molar-refractivity contribution in [1.82, 2.24) is 0 Å². The van der Waals surface area contributed by atoms with E-state index in [0.29, 0.717) is 0 Å². The van der Waals surface area contributed by atoms with Gasteiger partial charge < -0.3 is 5.11 Å². The standard InChI is InChI=1S/C6H6BrFO/c7-5-2-1-4(8)3-6(5)9/h1-3,5-6,9H/i6D. The van der Waals surface area contributed by atoms with E-state index < -0.39 is 16.7 Å². The highest BCUT2D eigenvalue weighted by molar-refractivity contribution is 9.09. The van der Waals surface area contributed by atoms with Gasteiger partial charge in [0.15, 0.2) is 0 Å². The topological polar surface area (TPSA) is 20.2 Å². The molecule has 2 atom stereocenters. The van der Waals surface area contributed by atoms with E-state index in [1.807, 2.05) is 0 Å². The summed E-state index contributed by atoms with van der Waals surface area (Å²) in [4.78, 5) is -0.528. The molecule has 1 rings (SSSR count). The Bertz CT molecular complexity index is 200. The number of hydrogen-bond acceptors (Lipinski definition) is 1. The molecule has 0 aliphatic heterocycles. The number of aliphatic hydroxyl groups is 1. The first-order chi connectivity index (χ1) is 4.52. The van der Waals surface area contributed by atoms with E-state index in [2.05, 4.69) is 15.9 Å². The van der Waals surface area contributed by atoms with Gasteiger partial charge in [0.1, 0.15) is 5.83 Å². The van der Waals surface area contributed by atoms with Crippen molar-refractivity contribution in [3.63, 3.8) is 0 Å². The lowest BCUT2D eigenvalue weighted by molar-refractivity contribution is 0.229. The molecular weight excluding hydrogens is 187 g/mol. The Hall–Kier alpha value is -0.150. The Kier molecular flexibility index (Phi) is 1.64. The van der Waals surface area contributed by atoms with Crippen LogP contribution in [0.4, 0.5) is 4.39 Å². The highest BCUT2D eigenvalue weighted by Gasteiger charge is 2.14. The zero-order valence-corrected chi connectivity index (χ0v) is 6.10. The fourth-order valence-corrected chi connectivity index (χ4v) is 0.829. The first kappa shape index (κ1) is 5.62. The minimum atomic E-state index is -1.85. The van der Waals surface area contributed by atoms with E-state index in [4.69, 9.17) is 6.48 Å². The molecule has 0 amide bonds. The molecule has 2 unspecified atom stereocenters. The van der Waals surface area contributed by atoms with Crippen LogP contribution in [0, 0.1) is 0 Å². The number of allylic oxidation sites excluding steroid dienone is 2. The van der Waals surface area contributed by atoms with Crippen LogP contribution >= 0.6 is 15.9 Å². The van der Waals surface area contributed by atoms with Gasteiger partial charge in [-0.15, -0.1) is 0 Å². The lowest BCUT2D eigenvalue weighted by Crippen LogP contribution is -2.17. The monoisotopic (exact) mass is 193 g/mol. The maximum Gasteiger partial charge on any atom is 0.121 e. The molecule has 0 aromatic carbocycles. The molecule has 0 bridgehead atoms. The van der Waals surface area contributed by atoms with E-state index in [9.17, 15) is 4.39 Å². The van der Waals surface area contributed by atoms with E-state index in [1.54, 1.807) is 0 Å². The number of alkyl halides is 1. The molecule has 9 heavy (non-hydrogen) atoms. The third kappa shape index (κ3) is 1.63. The molecule has 1 aliphatic carbocycles. The maximum atomic E-state index is 12.3. The molecule has 0 heterocycles. The van der Waals surface area contributed by atoms with Crippen molar-refractivity contribution in [1.29, 1.82) is 0 Å². The van der Waals surface area contributed by atoms with Crippen molar-refractivity contribution in [3.8, 4) is 0 Å². The van der Waals surface area contributed by atoms with E-state index in [-0.39, 0.29) is 0 Å². The molecule has 0 saturated carbocycles. The average Bonchev–Trinajstić information content (AvgIpc) is 1.78. The highest BCUT2D eigenvalue weighted by Crippen LogP contribution is 2.17. The van der Waals surface area contributed by atoms with E-state index >= 15 is 0 Å². The van der Waals surface area contributed by atoms with Gasteiger partial charge in [0.2, 0.25) is 0 Å². The molecule has 0 aromatic heterocycles. The lowest BCUT2D eigenvalue weighted by Gasteiger charge is -2.12. The van der Waals surface area contributed by atoms with Crippen LogP contribution < -0.4 is 0 Å². The zero-order chi connectivity index (χ0) is 7.78. The zero-order valence-electron chi connectivity index (χ0n) is 5.51. The van der Waals surface area contributed by atoms with Crippen LogP contribution in [0.25, 0.3) is 0 Å². The Labute approximate surface area is 62.4 Å². The van der Waals surface area contributed by atoms with Gasteiger partial charge in [0.05, 0.1) is 12.3 Å². The molecule has 0 aromatic rings. The number of halogens is 2. The number of hydrogen-bond donors (Lipinski definition) is 1. The first-order valence-electron chi connectivity index (χ1n) is 2.95. The van der Waals surface area contributed by atoms with Gasteiger partial charge >= 0.3 is 0 Å². The normalized spacial score (nSPS) is 44.1. The summed E-state index contributed by atoms with van der Waals surface area (Å²) in [6.07, 6.45) is 1.61. The van der Waals surface area contributed by atoms with Crippen molar-refractivity contribution < 1.29 is 10.9 Å². The SMILES string of the molecule is [2H]C1(O)C=C(F)C=CC1Br. The molecule has 0 saturated heterocycles. The Morgan fingerprint density at radius 2 is 2.56 bits per heavy atom. The fraction of sp³-hybridized carbons (Fsp3) is 0.333. The molecule has 50 valence electrons. The molecule has 1 nitrogen and oxygen atoms in total. The van der Waals surface area contributed by atoms with Crippen molar-refractivity contribution in [2.24, 2.45) is 0 Å². The van der Waals surface area contributed by atoms with E-state index in [1.165, 1.54) is 12.2 Å². The number of rotatable bonds is 0. The third-order valence-corrected chi connectivity index (χ3v) is 1.77. The summed E-state index contributed by atoms with van der Waals surface area (Å²) in [7, 11) is 0. The fourth-order valence-electron chi connectivity index (χ4n) is 0.544. The summed E-state index contributed by atoms with van der Waals surface area (Å²) in [5, 5.41) is 9.07. The van der Waals surface area contributed by atoms with Gasteiger partial charge in [0.25, 0.3) is 0 Å². The molecular formula is C6H6BrFO. The van der Waals surface area contributed by atoms with E-state index in [0.717, 1.165) is 6.08 Å². The third-order valence-electron chi connectivity index (χ3n) is 0.993. The van der Waals surface area contributed by atoms with Gasteiger partial charge in [-0.2, -0.15) is 0 Å². The average molecular weight is 194 g/mol. The maximum absolute atomic E-state index is 12.3. The predicted molar refractivity (Wildman–Crippen MR) is 37.1 cm³/mol. The van der Waals surface area contributed by atoms with Gasteiger partial charge in [-0.1, -0.05) is 22.0 Å². The largest absolute Gasteiger partial charge is 0.387 e. The second-order valence-electron chi connectivity index (χ2n) is 1.71. The van der Waals surface area contributed by atoms with Crippen LogP contribution in [0.15, 0.2) is 24.1 Å². The molecule has 0 radical (unpaired) electrons. The highest BCUT2D eigenvalue weighted by atomic mass is 79.9. The molecule has 3 heteroatoms. The summed E-state index contributed by atoms with van der Waals surface area (Å²) in [5.41, 5.74) is 0. The molecule has 1 N–H and O–H groups in total. The summed E-state index contributed by atoms with van der Waals surface area (Å²) in [6, 6.07) is 0. The van der Waals surface area contributed by atoms with Crippen LogP contribution in [0.2, 0.25) is 0 Å². The second-order valence-corrected chi connectivity index (χ2v) is 2.70. The van der Waals surface area contributed by atoms with Crippen LogP contribution in [0.1, 0.15) is 1.37 Å². The molecule has 1 aliphatic rings. The predicted octanol–water partition coefficient (Wildman–Crippen LogP) is 1.53. The van der Waals surface area contributed by atoms with Crippen LogP contribution in [0.5, 0.6) is 0 Å². The smallest absolute Gasteiger partial charge is 0.121 e. The van der Waals surface area contributed by atoms with Gasteiger partial charge in [-0.25, -0.2) is 4.39 Å². The summed E-state index contributed by atoms with van der Waals surface area (Å²) in [6.45, 7) is 0. The Morgan fingerprint density at radius 1 is 1.89 bits per heavy atom. The van der Waals surface area contributed by atoms with Crippen molar-refractivity contribution in [2.75, 3.05) is 0 Å². The van der Waals surface area contributed by atoms with Crippen LogP contribution in [-0.2, 0) is 0 Å². The van der Waals surface area contributed by atoms with Gasteiger partial charge in [-0.05, 0) is 12.2 Å². The van der Waals surface area contributed by atoms with Gasteiger partial charge in [0, 0.05) is 0 Å². The minimum Gasteiger partial charge on any atom is -0.387 e. The van der Waals surface area contributed by atoms with Crippen molar-refractivity contribution in [3.05, 3.63) is 24.1 Å². The van der Waals surface area contributed by atoms with Crippen molar-refractivity contribution >= 4 is 15.9 Å². The van der Waals surface area contributed by atoms with Crippen LogP contribution in [0.3, 0.4) is 0 Å². The van der Waals surface area contributed by atoms with Gasteiger partial charge in [-0.3, -0.25) is 0 Å². The second kappa shape index (κ2) is 2.62. The molecule has 0 spiro atoms. The minimum absolute atomic E-state index is 0.528. The first-order valence-corrected chi connectivity index (χ1v) is 3.37. The van der Waals surface area contributed by atoms with Crippen LogP contribution in [-0.4, -0.2) is 16.0 Å². The summed E-state index contributed by atoms with van der Waals surface area (Å²) >= 11 is 3.00. The van der Waals surface area contributed by atoms with Crippen molar-refractivity contribution in [2.45, 2.75) is 10.9 Å². The Balaban J connectivity index is 2.88. The Morgan fingerprint density at radius 3 is 3.00 bits per heavy atom. The lowest BCUT2D eigenvalue weighted by atomic mass is 10.1.